The molecule has 1 N–H and O–H groups in total. The van der Waals surface area contributed by atoms with E-state index in [1.807, 2.05) is 5.43 Å². The molecule has 1 heterocycles. The third-order valence-corrected chi connectivity index (χ3v) is 3.02. The number of benzene rings is 1. The molecule has 0 aliphatic heterocycles. The van der Waals surface area contributed by atoms with E-state index in [0.717, 1.165) is 0 Å². The highest BCUT2D eigenvalue weighted by atomic mass is 79.9. The highest BCUT2D eigenvalue weighted by molar-refractivity contribution is 9.10. The molecule has 1 aromatic carbocycles. The van der Waals surface area contributed by atoms with Crippen LogP contribution in [0.4, 0.5) is 23.2 Å². The fourth-order valence-electron chi connectivity index (χ4n) is 1.39. The Morgan fingerprint density at radius 2 is 1.85 bits per heavy atom. The van der Waals surface area contributed by atoms with Crippen molar-refractivity contribution < 1.29 is 17.6 Å². The molecule has 0 aliphatic rings. The quantitative estimate of drug-likeness (QED) is 0.400. The van der Waals surface area contributed by atoms with Gasteiger partial charge in [0.05, 0.1) is 22.6 Å². The molecule has 4 nitrogen and oxygen atoms in total. The summed E-state index contributed by atoms with van der Waals surface area (Å²) in [6.07, 6.45) is 2.68. The molecule has 0 fully saturated rings. The van der Waals surface area contributed by atoms with Crippen molar-refractivity contribution in [3.63, 3.8) is 0 Å². The van der Waals surface area contributed by atoms with Gasteiger partial charge in [-0.3, -0.25) is 10.1 Å². The van der Waals surface area contributed by atoms with Gasteiger partial charge in [-0.2, -0.15) is 10.2 Å². The van der Waals surface area contributed by atoms with Gasteiger partial charge in [0.1, 0.15) is 5.69 Å². The summed E-state index contributed by atoms with van der Waals surface area (Å²) in [4.78, 5) is 0. The monoisotopic (exact) mass is 350 g/mol. The predicted molar refractivity (Wildman–Crippen MR) is 68.4 cm³/mol. The minimum atomic E-state index is -1.55. The molecular formula is C11H7BrF4N4. The Bertz CT molecular complexity index is 638. The van der Waals surface area contributed by atoms with E-state index in [1.54, 1.807) is 7.05 Å². The van der Waals surface area contributed by atoms with E-state index in [9.17, 15) is 17.6 Å². The van der Waals surface area contributed by atoms with Gasteiger partial charge < -0.3 is 0 Å². The van der Waals surface area contributed by atoms with Crippen molar-refractivity contribution in [2.75, 3.05) is 5.43 Å². The average molecular weight is 351 g/mol. The van der Waals surface area contributed by atoms with Crippen LogP contribution in [0.5, 0.6) is 0 Å². The molecule has 1 aromatic heterocycles. The van der Waals surface area contributed by atoms with E-state index < -0.39 is 29.0 Å². The molecule has 0 spiro atoms. The summed E-state index contributed by atoms with van der Waals surface area (Å²) in [5.74, 6) is -6.12. The molecule has 0 aliphatic carbocycles. The van der Waals surface area contributed by atoms with Crippen molar-refractivity contribution in [3.8, 4) is 0 Å². The zero-order valence-electron chi connectivity index (χ0n) is 9.96. The Morgan fingerprint density at radius 1 is 1.25 bits per heavy atom. The van der Waals surface area contributed by atoms with Gasteiger partial charge in [0.25, 0.3) is 0 Å². The zero-order chi connectivity index (χ0) is 14.9. The van der Waals surface area contributed by atoms with E-state index in [2.05, 4.69) is 26.1 Å². The molecule has 2 rings (SSSR count). The van der Waals surface area contributed by atoms with Crippen molar-refractivity contribution in [2.24, 2.45) is 12.1 Å². The number of hydrazone groups is 1. The van der Waals surface area contributed by atoms with Crippen molar-refractivity contribution >= 4 is 27.8 Å². The van der Waals surface area contributed by atoms with Gasteiger partial charge in [-0.05, 0) is 15.9 Å². The first-order chi connectivity index (χ1) is 9.41. The van der Waals surface area contributed by atoms with Crippen molar-refractivity contribution in [2.45, 2.75) is 0 Å². The SMILES string of the molecule is Cn1ncc(Br)c1/C=N\Nc1c(F)c(F)cc(F)c1F. The summed E-state index contributed by atoms with van der Waals surface area (Å²) in [7, 11) is 1.62. The second-order valence-corrected chi connectivity index (χ2v) is 4.57. The molecule has 106 valence electrons. The number of nitrogens with one attached hydrogen (secondary N) is 1. The van der Waals surface area contributed by atoms with Gasteiger partial charge in [0.15, 0.2) is 23.3 Å². The van der Waals surface area contributed by atoms with Crippen LogP contribution in [0.25, 0.3) is 0 Å². The number of hydrogen-bond acceptors (Lipinski definition) is 3. The van der Waals surface area contributed by atoms with Crippen LogP contribution in [0, 0.1) is 23.3 Å². The van der Waals surface area contributed by atoms with Gasteiger partial charge >= 0.3 is 0 Å². The van der Waals surface area contributed by atoms with Gasteiger partial charge in [0.2, 0.25) is 0 Å². The van der Waals surface area contributed by atoms with E-state index in [4.69, 9.17) is 0 Å². The Hall–Kier alpha value is -1.90. The van der Waals surface area contributed by atoms with Crippen molar-refractivity contribution in [1.29, 1.82) is 0 Å². The smallest absolute Gasteiger partial charge is 0.186 e. The summed E-state index contributed by atoms with van der Waals surface area (Å²) in [5, 5.41) is 7.42. The minimum absolute atomic E-state index is 0.122. The topological polar surface area (TPSA) is 42.2 Å². The van der Waals surface area contributed by atoms with Gasteiger partial charge in [-0.1, -0.05) is 0 Å². The largest absolute Gasteiger partial charge is 0.272 e. The van der Waals surface area contributed by atoms with E-state index in [1.165, 1.54) is 17.1 Å². The van der Waals surface area contributed by atoms with Crippen LogP contribution in [-0.4, -0.2) is 16.0 Å². The maximum atomic E-state index is 13.3. The number of anilines is 1. The predicted octanol–water partition coefficient (Wildman–Crippen LogP) is 3.19. The summed E-state index contributed by atoms with van der Waals surface area (Å²) in [5.41, 5.74) is 1.43. The first-order valence-corrected chi connectivity index (χ1v) is 6.00. The van der Waals surface area contributed by atoms with E-state index >= 15 is 0 Å². The second kappa shape index (κ2) is 5.61. The van der Waals surface area contributed by atoms with Crippen LogP contribution >= 0.6 is 15.9 Å². The lowest BCUT2D eigenvalue weighted by molar-refractivity contribution is 0.458. The fraction of sp³-hybridized carbons (Fsp3) is 0.0909. The maximum Gasteiger partial charge on any atom is 0.186 e. The molecule has 0 atom stereocenters. The van der Waals surface area contributed by atoms with Crippen LogP contribution in [-0.2, 0) is 7.05 Å². The van der Waals surface area contributed by atoms with Gasteiger partial charge in [-0.15, -0.1) is 0 Å². The molecule has 2 aromatic rings. The highest BCUT2D eigenvalue weighted by Gasteiger charge is 2.18. The van der Waals surface area contributed by atoms with Crippen LogP contribution in [0.15, 0.2) is 21.8 Å². The number of hydrogen-bond donors (Lipinski definition) is 1. The Kier molecular flexibility index (Phi) is 4.07. The molecule has 0 radical (unpaired) electrons. The van der Waals surface area contributed by atoms with E-state index in [0.29, 0.717) is 10.2 Å². The lowest BCUT2D eigenvalue weighted by Crippen LogP contribution is -2.04. The Morgan fingerprint density at radius 3 is 2.35 bits per heavy atom. The highest BCUT2D eigenvalue weighted by Crippen LogP contribution is 2.24. The summed E-state index contributed by atoms with van der Waals surface area (Å²) in [6.45, 7) is 0. The minimum Gasteiger partial charge on any atom is -0.272 e. The number of rotatable bonds is 3. The summed E-state index contributed by atoms with van der Waals surface area (Å²) in [6, 6.07) is 0.122. The molecular weight excluding hydrogens is 344 g/mol. The lowest BCUT2D eigenvalue weighted by atomic mass is 10.2. The second-order valence-electron chi connectivity index (χ2n) is 3.71. The van der Waals surface area contributed by atoms with E-state index in [-0.39, 0.29) is 6.07 Å². The number of nitrogens with zero attached hydrogens (tertiary/aromatic N) is 3. The molecule has 20 heavy (non-hydrogen) atoms. The molecule has 0 saturated carbocycles. The summed E-state index contributed by atoms with van der Waals surface area (Å²) < 4.78 is 54.6. The third-order valence-electron chi connectivity index (χ3n) is 2.41. The maximum absolute atomic E-state index is 13.3. The standard InChI is InChI=1S/C11H7BrF4N4/c1-20-8(5(12)3-18-20)4-17-19-11-9(15)6(13)2-7(14)10(11)16/h2-4,19H,1H3/b17-4-. The molecule has 0 amide bonds. The molecule has 0 bridgehead atoms. The van der Waals surface area contributed by atoms with Crippen LogP contribution in [0.3, 0.4) is 0 Å². The fourth-order valence-corrected chi connectivity index (χ4v) is 1.85. The Balaban J connectivity index is 2.28. The normalized spacial score (nSPS) is 11.3. The van der Waals surface area contributed by atoms with Gasteiger partial charge in [-0.25, -0.2) is 17.6 Å². The van der Waals surface area contributed by atoms with Crippen molar-refractivity contribution in [1.82, 2.24) is 9.78 Å². The first-order valence-electron chi connectivity index (χ1n) is 5.21. The van der Waals surface area contributed by atoms with Gasteiger partial charge in [0, 0.05) is 13.1 Å². The summed E-state index contributed by atoms with van der Waals surface area (Å²) >= 11 is 3.19. The zero-order valence-corrected chi connectivity index (χ0v) is 11.5. The van der Waals surface area contributed by atoms with Crippen LogP contribution < -0.4 is 5.43 Å². The number of aromatic nitrogens is 2. The van der Waals surface area contributed by atoms with Crippen LogP contribution in [0.2, 0.25) is 0 Å². The molecule has 9 heteroatoms. The number of aryl methyl sites for hydroxylation is 1. The lowest BCUT2D eigenvalue weighted by Gasteiger charge is -2.05. The third kappa shape index (κ3) is 2.67. The Labute approximate surface area is 119 Å². The molecule has 0 saturated heterocycles. The first kappa shape index (κ1) is 14.5. The van der Waals surface area contributed by atoms with Crippen LogP contribution in [0.1, 0.15) is 5.69 Å². The molecule has 0 unspecified atom stereocenters. The van der Waals surface area contributed by atoms with Crippen molar-refractivity contribution in [3.05, 3.63) is 45.7 Å². The average Bonchev–Trinajstić information content (AvgIpc) is 2.71. The number of halogens is 5.